The molecule has 0 spiro atoms. The Hall–Kier alpha value is -2.37. The molecule has 6 nitrogen and oxygen atoms in total. The lowest BCUT2D eigenvalue weighted by Gasteiger charge is -2.18. The van der Waals surface area contributed by atoms with Gasteiger partial charge in [0.15, 0.2) is 6.10 Å². The summed E-state index contributed by atoms with van der Waals surface area (Å²) in [5.74, 6) is -0.870. The normalized spacial score (nSPS) is 12.2. The summed E-state index contributed by atoms with van der Waals surface area (Å²) in [5.41, 5.74) is 0. The second-order valence-corrected chi connectivity index (χ2v) is 19.2. The average molecular weight is 914 g/mol. The van der Waals surface area contributed by atoms with E-state index < -0.39 is 6.10 Å². The topological polar surface area (TPSA) is 78.9 Å². The molecule has 0 aliphatic carbocycles. The largest absolute Gasteiger partial charge is 0.462 e. The number of carbonyl (C=O) groups is 3. The van der Waals surface area contributed by atoms with Crippen molar-refractivity contribution in [1.82, 2.24) is 0 Å². The van der Waals surface area contributed by atoms with E-state index in [-0.39, 0.29) is 31.1 Å². The third kappa shape index (κ3) is 52.5. The van der Waals surface area contributed by atoms with Crippen molar-refractivity contribution in [3.05, 3.63) is 36.5 Å². The van der Waals surface area contributed by atoms with Crippen LogP contribution < -0.4 is 0 Å². The zero-order chi connectivity index (χ0) is 47.2. The summed E-state index contributed by atoms with van der Waals surface area (Å²) in [7, 11) is 0. The van der Waals surface area contributed by atoms with Crippen molar-refractivity contribution in [1.29, 1.82) is 0 Å². The Labute approximate surface area is 404 Å². The van der Waals surface area contributed by atoms with E-state index in [0.29, 0.717) is 19.3 Å². The monoisotopic (exact) mass is 913 g/mol. The van der Waals surface area contributed by atoms with E-state index in [1.54, 1.807) is 0 Å². The van der Waals surface area contributed by atoms with Crippen LogP contribution in [0.15, 0.2) is 36.5 Å². The van der Waals surface area contributed by atoms with Gasteiger partial charge in [0.25, 0.3) is 0 Å². The molecular weight excluding hydrogens is 805 g/mol. The Morgan fingerprint density at radius 3 is 0.938 bits per heavy atom. The van der Waals surface area contributed by atoms with E-state index >= 15 is 0 Å². The van der Waals surface area contributed by atoms with E-state index in [1.165, 1.54) is 186 Å². The van der Waals surface area contributed by atoms with E-state index in [1.807, 2.05) is 0 Å². The predicted molar refractivity (Wildman–Crippen MR) is 279 cm³/mol. The lowest BCUT2D eigenvalue weighted by molar-refractivity contribution is -0.167. The molecule has 0 aromatic carbocycles. The highest BCUT2D eigenvalue weighted by Crippen LogP contribution is 2.16. The molecule has 0 amide bonds. The summed E-state index contributed by atoms with van der Waals surface area (Å²) in [6, 6.07) is 0. The average Bonchev–Trinajstić information content (AvgIpc) is 3.30. The third-order valence-corrected chi connectivity index (χ3v) is 12.6. The minimum absolute atomic E-state index is 0.0733. The van der Waals surface area contributed by atoms with Crippen molar-refractivity contribution in [3.63, 3.8) is 0 Å². The molecule has 0 bridgehead atoms. The fourth-order valence-corrected chi connectivity index (χ4v) is 8.36. The van der Waals surface area contributed by atoms with Crippen LogP contribution in [0.2, 0.25) is 0 Å². The zero-order valence-electron chi connectivity index (χ0n) is 43.5. The van der Waals surface area contributed by atoms with Crippen molar-refractivity contribution in [2.45, 2.75) is 309 Å². The smallest absolute Gasteiger partial charge is 0.306 e. The molecule has 6 heteroatoms. The van der Waals surface area contributed by atoms with Gasteiger partial charge in [-0.15, -0.1) is 0 Å². The summed E-state index contributed by atoms with van der Waals surface area (Å²) < 4.78 is 16.9. The minimum atomic E-state index is -0.775. The van der Waals surface area contributed by atoms with Gasteiger partial charge in [-0.25, -0.2) is 0 Å². The number of allylic oxidation sites excluding steroid dienone is 6. The maximum absolute atomic E-state index is 12.8. The molecule has 0 aliphatic rings. The van der Waals surface area contributed by atoms with Crippen LogP contribution in [-0.4, -0.2) is 37.2 Å². The van der Waals surface area contributed by atoms with Crippen LogP contribution in [0.5, 0.6) is 0 Å². The van der Waals surface area contributed by atoms with Crippen LogP contribution in [0.3, 0.4) is 0 Å². The molecule has 0 rings (SSSR count). The standard InChI is InChI=1S/C59H108O6/c1-4-7-10-13-16-19-22-25-28-29-30-31-32-35-37-40-43-46-49-52-58(61)64-55-56(65-59(62)53-50-47-44-41-38-34-27-24-21-18-15-12-9-6-3)54-63-57(60)51-48-45-42-39-36-33-26-23-20-17-14-11-8-5-2/h9,12,18,21,29-30,56H,4-8,10-11,13-17,19-20,22-28,31-55H2,1-3H3/b12-9-,21-18-,30-29-. The molecular formula is C59H108O6. The van der Waals surface area contributed by atoms with Crippen LogP contribution in [0.4, 0.5) is 0 Å². The summed E-state index contributed by atoms with van der Waals surface area (Å²) in [6.07, 6.45) is 64.2. The van der Waals surface area contributed by atoms with Gasteiger partial charge in [0.05, 0.1) is 0 Å². The van der Waals surface area contributed by atoms with E-state index in [4.69, 9.17) is 14.2 Å². The zero-order valence-corrected chi connectivity index (χ0v) is 43.5. The second-order valence-electron chi connectivity index (χ2n) is 19.2. The Balaban J connectivity index is 4.32. The van der Waals surface area contributed by atoms with Crippen molar-refractivity contribution in [2.24, 2.45) is 0 Å². The van der Waals surface area contributed by atoms with Gasteiger partial charge in [-0.3, -0.25) is 14.4 Å². The summed E-state index contributed by atoms with van der Waals surface area (Å²) in [4.78, 5) is 38.1. The molecule has 65 heavy (non-hydrogen) atoms. The first-order chi connectivity index (χ1) is 32.0. The van der Waals surface area contributed by atoms with Crippen LogP contribution in [-0.2, 0) is 28.6 Å². The van der Waals surface area contributed by atoms with Gasteiger partial charge in [-0.1, -0.05) is 250 Å². The molecule has 0 N–H and O–H groups in total. The molecule has 0 aliphatic heterocycles. The number of unbranched alkanes of at least 4 members (excludes halogenated alkanes) is 35. The van der Waals surface area contributed by atoms with Crippen molar-refractivity contribution < 1.29 is 28.6 Å². The van der Waals surface area contributed by atoms with Gasteiger partial charge < -0.3 is 14.2 Å². The highest BCUT2D eigenvalue weighted by molar-refractivity contribution is 5.71. The molecule has 380 valence electrons. The van der Waals surface area contributed by atoms with Crippen molar-refractivity contribution >= 4 is 17.9 Å². The number of hydrogen-bond acceptors (Lipinski definition) is 6. The number of hydrogen-bond donors (Lipinski definition) is 0. The third-order valence-electron chi connectivity index (χ3n) is 12.6. The molecule has 1 unspecified atom stereocenters. The summed E-state index contributed by atoms with van der Waals surface area (Å²) >= 11 is 0. The van der Waals surface area contributed by atoms with Gasteiger partial charge in [0, 0.05) is 19.3 Å². The van der Waals surface area contributed by atoms with Crippen LogP contribution in [0.1, 0.15) is 303 Å². The molecule has 0 heterocycles. The molecule has 0 saturated heterocycles. The number of esters is 3. The quantitative estimate of drug-likeness (QED) is 0.0262. The lowest BCUT2D eigenvalue weighted by Crippen LogP contribution is -2.30. The maximum Gasteiger partial charge on any atom is 0.306 e. The summed E-state index contributed by atoms with van der Waals surface area (Å²) in [6.45, 7) is 6.56. The second kappa shape index (κ2) is 54.2. The van der Waals surface area contributed by atoms with E-state index in [9.17, 15) is 14.4 Å². The van der Waals surface area contributed by atoms with E-state index in [2.05, 4.69) is 57.2 Å². The highest BCUT2D eigenvalue weighted by atomic mass is 16.6. The highest BCUT2D eigenvalue weighted by Gasteiger charge is 2.19. The molecule has 0 saturated carbocycles. The number of carbonyl (C=O) groups excluding carboxylic acids is 3. The van der Waals surface area contributed by atoms with Gasteiger partial charge in [0.1, 0.15) is 13.2 Å². The molecule has 0 fully saturated rings. The van der Waals surface area contributed by atoms with Gasteiger partial charge in [0.2, 0.25) is 0 Å². The number of ether oxygens (including phenoxy) is 3. The van der Waals surface area contributed by atoms with E-state index in [0.717, 1.165) is 77.0 Å². The van der Waals surface area contributed by atoms with Crippen LogP contribution in [0.25, 0.3) is 0 Å². The Bertz CT molecular complexity index is 1090. The molecule has 0 aromatic heterocycles. The minimum Gasteiger partial charge on any atom is -0.462 e. The van der Waals surface area contributed by atoms with Crippen molar-refractivity contribution in [3.8, 4) is 0 Å². The lowest BCUT2D eigenvalue weighted by atomic mass is 10.0. The van der Waals surface area contributed by atoms with Gasteiger partial charge >= 0.3 is 17.9 Å². The molecule has 1 atom stereocenters. The molecule has 0 radical (unpaired) electrons. The first-order valence-electron chi connectivity index (χ1n) is 28.5. The Morgan fingerprint density at radius 2 is 0.600 bits per heavy atom. The maximum atomic E-state index is 12.8. The Morgan fingerprint density at radius 1 is 0.323 bits per heavy atom. The fourth-order valence-electron chi connectivity index (χ4n) is 8.36. The van der Waals surface area contributed by atoms with Crippen LogP contribution in [0, 0.1) is 0 Å². The number of rotatable bonds is 52. The SMILES string of the molecule is CC/C=C\C/C=C\CCCCCCCCCC(=O)OC(COC(=O)CCCCCCCCC/C=C\CCCCCCCCCC)COC(=O)CCCCCCCCCCCCCCCC. The first-order valence-corrected chi connectivity index (χ1v) is 28.5. The van der Waals surface area contributed by atoms with Gasteiger partial charge in [-0.2, -0.15) is 0 Å². The first kappa shape index (κ1) is 62.6. The van der Waals surface area contributed by atoms with Crippen molar-refractivity contribution in [2.75, 3.05) is 13.2 Å². The fraction of sp³-hybridized carbons (Fsp3) is 0.847. The molecule has 0 aromatic rings. The van der Waals surface area contributed by atoms with Crippen LogP contribution >= 0.6 is 0 Å². The Kier molecular flexibility index (Phi) is 52.3. The summed E-state index contributed by atoms with van der Waals surface area (Å²) in [5, 5.41) is 0. The predicted octanol–water partition coefficient (Wildman–Crippen LogP) is 18.9. The van der Waals surface area contributed by atoms with Gasteiger partial charge in [-0.05, 0) is 70.6 Å².